The number of anilines is 1. The van der Waals surface area contributed by atoms with E-state index in [4.69, 9.17) is 11.6 Å². The van der Waals surface area contributed by atoms with E-state index >= 15 is 0 Å². The van der Waals surface area contributed by atoms with Gasteiger partial charge in [0.05, 0.1) is 20.8 Å². The smallest absolute Gasteiger partial charge is 0.255 e. The van der Waals surface area contributed by atoms with Crippen molar-refractivity contribution in [2.75, 3.05) is 11.9 Å². The summed E-state index contributed by atoms with van der Waals surface area (Å²) < 4.78 is 67.1. The van der Waals surface area contributed by atoms with Gasteiger partial charge in [-0.2, -0.15) is 0 Å². The number of halogens is 4. The molecule has 2 atom stereocenters. The van der Waals surface area contributed by atoms with E-state index in [9.17, 15) is 36.3 Å². The highest BCUT2D eigenvalue weighted by Crippen LogP contribution is 2.55. The van der Waals surface area contributed by atoms with Gasteiger partial charge in [0.15, 0.2) is 27.3 Å². The molecule has 2 amide bonds. The Bertz CT molecular complexity index is 1360. The average molecular weight is 557 g/mol. The Morgan fingerprint density at radius 2 is 1.73 bits per heavy atom. The molecule has 198 valence electrons. The number of hydrogen-bond donors (Lipinski definition) is 3. The molecule has 2 aromatic rings. The fourth-order valence-electron chi connectivity index (χ4n) is 5.11. The van der Waals surface area contributed by atoms with Gasteiger partial charge in [0.1, 0.15) is 0 Å². The van der Waals surface area contributed by atoms with Crippen LogP contribution in [-0.2, 0) is 14.6 Å². The van der Waals surface area contributed by atoms with E-state index < -0.39 is 44.0 Å². The third kappa shape index (κ3) is 5.12. The van der Waals surface area contributed by atoms with Crippen LogP contribution in [0, 0.1) is 29.3 Å². The minimum absolute atomic E-state index is 0.0132. The first-order chi connectivity index (χ1) is 17.4. The summed E-state index contributed by atoms with van der Waals surface area (Å²) in [6.07, 6.45) is 3.83. The number of aliphatic hydroxyl groups is 1. The third-order valence-electron chi connectivity index (χ3n) is 7.12. The molecule has 0 radical (unpaired) electrons. The second-order valence-electron chi connectivity index (χ2n) is 9.33. The van der Waals surface area contributed by atoms with E-state index in [0.717, 1.165) is 6.07 Å². The summed E-state index contributed by atoms with van der Waals surface area (Å²) in [4.78, 5) is 24.1. The molecule has 3 fully saturated rings. The molecule has 7 nitrogen and oxygen atoms in total. The normalized spacial score (nSPS) is 25.0. The molecule has 3 aliphatic carbocycles. The molecule has 0 aromatic heterocycles. The van der Waals surface area contributed by atoms with Crippen LogP contribution in [0.15, 0.2) is 47.4 Å². The lowest BCUT2D eigenvalue weighted by Gasteiger charge is -2.58. The fraction of sp³-hybridized carbons (Fsp3) is 0.360. The van der Waals surface area contributed by atoms with Gasteiger partial charge in [-0.25, -0.2) is 21.6 Å². The molecule has 5 rings (SSSR count). The van der Waals surface area contributed by atoms with Gasteiger partial charge in [-0.3, -0.25) is 9.59 Å². The Kier molecular flexibility index (Phi) is 7.42. The molecule has 3 N–H and O–H groups in total. The second kappa shape index (κ2) is 10.1. The van der Waals surface area contributed by atoms with E-state index in [-0.39, 0.29) is 58.3 Å². The zero-order chi connectivity index (χ0) is 27.1. The molecule has 2 aromatic carbocycles. The van der Waals surface area contributed by atoms with Crippen molar-refractivity contribution in [3.8, 4) is 0 Å². The zero-order valence-corrected chi connectivity index (χ0v) is 21.2. The number of hydrogen-bond acceptors (Lipinski definition) is 5. The molecular formula is C25H24ClF3N2O5S. The summed E-state index contributed by atoms with van der Waals surface area (Å²) in [6.45, 7) is 1.70. The zero-order valence-electron chi connectivity index (χ0n) is 19.6. The lowest BCUT2D eigenvalue weighted by atomic mass is 9.53. The first-order valence-electron chi connectivity index (χ1n) is 11.5. The summed E-state index contributed by atoms with van der Waals surface area (Å²) in [7, 11) is -4.02. The largest absolute Gasteiger partial charge is 0.387 e. The van der Waals surface area contributed by atoms with E-state index in [1.807, 2.05) is 0 Å². The molecule has 0 heterocycles. The summed E-state index contributed by atoms with van der Waals surface area (Å²) in [5.74, 6) is -6.58. The second-order valence-corrected chi connectivity index (χ2v) is 11.9. The molecule has 3 saturated carbocycles. The maximum absolute atomic E-state index is 13.5. The van der Waals surface area contributed by atoms with Crippen molar-refractivity contribution < 1.29 is 36.3 Å². The highest BCUT2D eigenvalue weighted by molar-refractivity contribution is 7.92. The molecule has 0 spiro atoms. The number of carbonyl (C=O) groups excluding carboxylic acids is 2. The van der Waals surface area contributed by atoms with Gasteiger partial charge in [-0.15, -0.1) is 0 Å². The number of carbonyl (C=O) groups is 2. The van der Waals surface area contributed by atoms with Crippen molar-refractivity contribution >= 4 is 38.9 Å². The maximum Gasteiger partial charge on any atom is 0.255 e. The average Bonchev–Trinajstić information content (AvgIpc) is 2.86. The Balaban J connectivity index is 1.51. The number of fused-ring (bicyclic) bond motifs is 2. The van der Waals surface area contributed by atoms with Crippen LogP contribution < -0.4 is 10.6 Å². The van der Waals surface area contributed by atoms with Gasteiger partial charge in [0.25, 0.3) is 5.91 Å². The van der Waals surface area contributed by atoms with Crippen molar-refractivity contribution in [1.82, 2.24) is 5.32 Å². The first-order valence-corrected chi connectivity index (χ1v) is 13.4. The quantitative estimate of drug-likeness (QED) is 0.352. The number of nitrogens with one attached hydrogen (secondary N) is 2. The Labute approximate surface area is 216 Å². The van der Waals surface area contributed by atoms with Crippen molar-refractivity contribution in [2.45, 2.75) is 41.9 Å². The Morgan fingerprint density at radius 3 is 2.32 bits per heavy atom. The minimum Gasteiger partial charge on any atom is -0.387 e. The van der Waals surface area contributed by atoms with Gasteiger partial charge in [-0.05, 0) is 62.3 Å². The van der Waals surface area contributed by atoms with E-state index in [1.165, 1.54) is 18.2 Å². The number of sulfone groups is 1. The molecule has 0 saturated heterocycles. The predicted molar refractivity (Wildman–Crippen MR) is 130 cm³/mol. The standard InChI is InChI=1S/C25H24ClF3N2O5S/c1-2-3-22(32)30-12-25(34)14-7-15(25)9-17(8-14)37(35,36)21-6-13(4-5-18(21)26)24(33)31-16-10-19(27)23(29)20(28)11-16/h2-6,10-11,14-15,17,34H,7-9,12H2,1H3,(H,30,32)(H,31,33)/b3-2+/t14?,15?,17-,25-. The third-order valence-corrected chi connectivity index (χ3v) is 9.78. The molecule has 0 aliphatic heterocycles. The van der Waals surface area contributed by atoms with Crippen LogP contribution in [0.3, 0.4) is 0 Å². The van der Waals surface area contributed by atoms with Crippen LogP contribution in [0.25, 0.3) is 0 Å². The fourth-order valence-corrected chi connectivity index (χ4v) is 7.51. The van der Waals surface area contributed by atoms with Gasteiger partial charge in [0.2, 0.25) is 5.91 Å². The van der Waals surface area contributed by atoms with Gasteiger partial charge < -0.3 is 15.7 Å². The van der Waals surface area contributed by atoms with Gasteiger partial charge in [-0.1, -0.05) is 17.7 Å². The molecular weight excluding hydrogens is 533 g/mol. The highest BCUT2D eigenvalue weighted by Gasteiger charge is 2.60. The Hall–Kier alpha value is -2.89. The van der Waals surface area contributed by atoms with E-state index in [0.29, 0.717) is 18.6 Å². The first kappa shape index (κ1) is 27.2. The minimum atomic E-state index is -4.02. The number of amides is 2. The topological polar surface area (TPSA) is 113 Å². The van der Waals surface area contributed by atoms with Gasteiger partial charge in [0, 0.05) is 29.9 Å². The number of allylic oxidation sites excluding steroid dienone is 1. The van der Waals surface area contributed by atoms with E-state index in [2.05, 4.69) is 10.6 Å². The van der Waals surface area contributed by atoms with Crippen molar-refractivity contribution in [2.24, 2.45) is 11.8 Å². The van der Waals surface area contributed by atoms with Crippen LogP contribution in [-0.4, -0.2) is 42.7 Å². The molecule has 2 unspecified atom stereocenters. The maximum atomic E-state index is 13.5. The van der Waals surface area contributed by atoms with Crippen LogP contribution >= 0.6 is 11.6 Å². The van der Waals surface area contributed by atoms with Crippen LogP contribution in [0.5, 0.6) is 0 Å². The summed E-state index contributed by atoms with van der Waals surface area (Å²) >= 11 is 6.19. The van der Waals surface area contributed by atoms with Crippen molar-refractivity contribution in [3.63, 3.8) is 0 Å². The number of benzene rings is 2. The summed E-state index contributed by atoms with van der Waals surface area (Å²) in [5.41, 5.74) is -1.69. The summed E-state index contributed by atoms with van der Waals surface area (Å²) in [5, 5.41) is 14.9. The van der Waals surface area contributed by atoms with Crippen molar-refractivity contribution in [1.29, 1.82) is 0 Å². The lowest BCUT2D eigenvalue weighted by molar-refractivity contribution is -0.173. The SMILES string of the molecule is C/C=C/C(=O)NC[C@]1(O)C2CC1C[C@@H](S(=O)(=O)c1cc(C(=O)Nc3cc(F)c(F)c(F)c3)ccc1Cl)C2. The lowest BCUT2D eigenvalue weighted by Crippen LogP contribution is -2.66. The molecule has 2 bridgehead atoms. The number of rotatable bonds is 7. The molecule has 12 heteroatoms. The van der Waals surface area contributed by atoms with Crippen LogP contribution in [0.1, 0.15) is 36.5 Å². The molecule has 37 heavy (non-hydrogen) atoms. The Morgan fingerprint density at radius 1 is 1.11 bits per heavy atom. The van der Waals surface area contributed by atoms with Crippen LogP contribution in [0.4, 0.5) is 18.9 Å². The molecule has 3 aliphatic rings. The monoisotopic (exact) mass is 556 g/mol. The van der Waals surface area contributed by atoms with E-state index in [1.54, 1.807) is 13.0 Å². The van der Waals surface area contributed by atoms with Gasteiger partial charge >= 0.3 is 0 Å². The summed E-state index contributed by atoms with van der Waals surface area (Å²) in [6, 6.07) is 4.75. The van der Waals surface area contributed by atoms with Crippen molar-refractivity contribution in [3.05, 3.63) is 70.5 Å². The van der Waals surface area contributed by atoms with Crippen LogP contribution in [0.2, 0.25) is 5.02 Å². The highest BCUT2D eigenvalue weighted by atomic mass is 35.5. The predicted octanol–water partition coefficient (Wildman–Crippen LogP) is 4.01.